The first-order valence-corrected chi connectivity index (χ1v) is 7.51. The number of hydrogen-bond acceptors (Lipinski definition) is 4. The van der Waals surface area contributed by atoms with Crippen molar-refractivity contribution in [2.45, 2.75) is 33.2 Å². The van der Waals surface area contributed by atoms with Gasteiger partial charge < -0.3 is 15.5 Å². The van der Waals surface area contributed by atoms with Crippen LogP contribution in [-0.2, 0) is 4.79 Å². The zero-order valence-corrected chi connectivity index (χ0v) is 14.1. The fraction of sp³-hybridized carbons (Fsp3) is 0.933. The fourth-order valence-corrected chi connectivity index (χ4v) is 2.19. The number of carbonyl (C=O) groups is 1. The third-order valence-electron chi connectivity index (χ3n) is 4.67. The average molecular weight is 284 g/mol. The number of nitrogens with two attached hydrogens (primary N) is 1. The second-order valence-corrected chi connectivity index (χ2v) is 7.28. The zero-order chi connectivity index (χ0) is 15.6. The molecule has 5 nitrogen and oxygen atoms in total. The smallest absolute Gasteiger partial charge is 0.230 e. The number of amides is 1. The van der Waals surface area contributed by atoms with E-state index in [1.807, 2.05) is 32.6 Å². The summed E-state index contributed by atoms with van der Waals surface area (Å²) < 4.78 is 0. The predicted octanol–water partition coefficient (Wildman–Crippen LogP) is 0.456. The van der Waals surface area contributed by atoms with Gasteiger partial charge in [-0.1, -0.05) is 0 Å². The van der Waals surface area contributed by atoms with Crippen LogP contribution in [0.1, 0.15) is 27.7 Å². The van der Waals surface area contributed by atoms with Gasteiger partial charge in [-0.05, 0) is 41.8 Å². The molecule has 1 aliphatic rings. The van der Waals surface area contributed by atoms with E-state index in [0.717, 1.165) is 39.3 Å². The topological polar surface area (TPSA) is 52.8 Å². The Balaban J connectivity index is 2.51. The van der Waals surface area contributed by atoms with E-state index in [2.05, 4.69) is 23.9 Å². The lowest BCUT2D eigenvalue weighted by molar-refractivity contribution is -0.145. The number of carbonyl (C=O) groups excluding carboxylic acids is 1. The van der Waals surface area contributed by atoms with Crippen LogP contribution in [0.4, 0.5) is 0 Å². The van der Waals surface area contributed by atoms with Crippen molar-refractivity contribution in [3.63, 3.8) is 0 Å². The number of likely N-dealkylation sites (N-methyl/N-ethyl adjacent to an activating group) is 1. The monoisotopic (exact) mass is 284 g/mol. The molecule has 1 rings (SSSR count). The standard InChI is InChI=1S/C15H32N4O/c1-14(2,15(3,4)16)13(20)19-11-9-18(10-12-19)8-7-17(5)6/h7-12,16H2,1-6H3. The summed E-state index contributed by atoms with van der Waals surface area (Å²) in [5, 5.41) is 0. The van der Waals surface area contributed by atoms with Gasteiger partial charge >= 0.3 is 0 Å². The highest BCUT2D eigenvalue weighted by molar-refractivity contribution is 5.83. The molecular weight excluding hydrogens is 252 g/mol. The Morgan fingerprint density at radius 2 is 1.60 bits per heavy atom. The summed E-state index contributed by atoms with van der Waals surface area (Å²) in [5.74, 6) is 0.178. The molecule has 0 aliphatic carbocycles. The molecule has 0 bridgehead atoms. The maximum Gasteiger partial charge on any atom is 0.230 e. The molecule has 1 saturated heterocycles. The highest BCUT2D eigenvalue weighted by atomic mass is 16.2. The van der Waals surface area contributed by atoms with Crippen LogP contribution in [0.15, 0.2) is 0 Å². The van der Waals surface area contributed by atoms with Crippen LogP contribution in [-0.4, -0.2) is 79.5 Å². The Bertz CT molecular complexity index is 325. The lowest BCUT2D eigenvalue weighted by atomic mass is 9.74. The maximum absolute atomic E-state index is 12.7. The molecule has 5 heteroatoms. The molecule has 1 aliphatic heterocycles. The number of rotatable bonds is 5. The molecule has 0 radical (unpaired) electrons. The SMILES string of the molecule is CN(C)CCN1CCN(C(=O)C(C)(C)C(C)(C)N)CC1. The maximum atomic E-state index is 12.7. The number of nitrogens with zero attached hydrogens (tertiary/aromatic N) is 3. The van der Waals surface area contributed by atoms with Crippen molar-refractivity contribution in [1.82, 2.24) is 14.7 Å². The Hall–Kier alpha value is -0.650. The number of piperazine rings is 1. The molecule has 0 aromatic heterocycles. The van der Waals surface area contributed by atoms with Crippen LogP contribution >= 0.6 is 0 Å². The molecule has 0 saturated carbocycles. The molecule has 20 heavy (non-hydrogen) atoms. The Labute approximate surface area is 124 Å². The lowest BCUT2D eigenvalue weighted by Gasteiger charge is -2.43. The Morgan fingerprint density at radius 1 is 1.10 bits per heavy atom. The van der Waals surface area contributed by atoms with Crippen LogP contribution in [0.2, 0.25) is 0 Å². The van der Waals surface area contributed by atoms with Crippen molar-refractivity contribution in [1.29, 1.82) is 0 Å². The highest BCUT2D eigenvalue weighted by Crippen LogP contribution is 2.30. The summed E-state index contributed by atoms with van der Waals surface area (Å²) in [6.07, 6.45) is 0. The van der Waals surface area contributed by atoms with Gasteiger partial charge in [-0.25, -0.2) is 0 Å². The largest absolute Gasteiger partial charge is 0.340 e. The fourth-order valence-electron chi connectivity index (χ4n) is 2.19. The van der Waals surface area contributed by atoms with E-state index in [-0.39, 0.29) is 5.91 Å². The first-order chi connectivity index (χ1) is 9.05. The Kier molecular flexibility index (Phi) is 5.58. The van der Waals surface area contributed by atoms with Gasteiger partial charge in [-0.15, -0.1) is 0 Å². The van der Waals surface area contributed by atoms with Crippen LogP contribution < -0.4 is 5.73 Å². The van der Waals surface area contributed by atoms with Gasteiger partial charge in [0.15, 0.2) is 0 Å². The summed E-state index contributed by atoms with van der Waals surface area (Å²) in [6.45, 7) is 13.4. The first-order valence-electron chi connectivity index (χ1n) is 7.51. The van der Waals surface area contributed by atoms with Gasteiger partial charge in [0.25, 0.3) is 0 Å². The van der Waals surface area contributed by atoms with E-state index in [0.29, 0.717) is 0 Å². The van der Waals surface area contributed by atoms with Gasteiger partial charge in [0.2, 0.25) is 5.91 Å². The molecule has 1 heterocycles. The molecule has 0 unspecified atom stereocenters. The van der Waals surface area contributed by atoms with Gasteiger partial charge in [-0.3, -0.25) is 9.69 Å². The minimum Gasteiger partial charge on any atom is -0.340 e. The second kappa shape index (κ2) is 6.41. The normalized spacial score (nSPS) is 18.7. The molecule has 0 aromatic rings. The summed E-state index contributed by atoms with van der Waals surface area (Å²) in [7, 11) is 4.18. The van der Waals surface area contributed by atoms with E-state index in [9.17, 15) is 4.79 Å². The van der Waals surface area contributed by atoms with E-state index in [1.54, 1.807) is 0 Å². The molecule has 1 fully saturated rings. The third kappa shape index (κ3) is 4.17. The first kappa shape index (κ1) is 17.4. The zero-order valence-electron chi connectivity index (χ0n) is 14.1. The van der Waals surface area contributed by atoms with Crippen LogP contribution in [0.3, 0.4) is 0 Å². The van der Waals surface area contributed by atoms with Crippen LogP contribution in [0.25, 0.3) is 0 Å². The van der Waals surface area contributed by atoms with Gasteiger partial charge in [-0.2, -0.15) is 0 Å². The van der Waals surface area contributed by atoms with Gasteiger partial charge in [0.05, 0.1) is 5.41 Å². The molecule has 0 atom stereocenters. The third-order valence-corrected chi connectivity index (χ3v) is 4.67. The minimum atomic E-state index is -0.529. The second-order valence-electron chi connectivity index (χ2n) is 7.28. The van der Waals surface area contributed by atoms with Gasteiger partial charge in [0, 0.05) is 44.8 Å². The average Bonchev–Trinajstić information content (AvgIpc) is 2.34. The summed E-state index contributed by atoms with van der Waals surface area (Å²) in [4.78, 5) is 19.2. The Morgan fingerprint density at radius 3 is 2.00 bits per heavy atom. The van der Waals surface area contributed by atoms with Crippen molar-refractivity contribution in [2.24, 2.45) is 11.1 Å². The van der Waals surface area contributed by atoms with Crippen molar-refractivity contribution < 1.29 is 4.79 Å². The molecular formula is C15H32N4O. The van der Waals surface area contributed by atoms with Crippen LogP contribution in [0, 0.1) is 5.41 Å². The van der Waals surface area contributed by atoms with Crippen molar-refractivity contribution in [3.05, 3.63) is 0 Å². The molecule has 118 valence electrons. The molecule has 2 N–H and O–H groups in total. The van der Waals surface area contributed by atoms with Crippen LogP contribution in [0.5, 0.6) is 0 Å². The summed E-state index contributed by atoms with van der Waals surface area (Å²) in [5.41, 5.74) is 5.13. The van der Waals surface area contributed by atoms with Crippen molar-refractivity contribution in [3.8, 4) is 0 Å². The van der Waals surface area contributed by atoms with Crippen molar-refractivity contribution >= 4 is 5.91 Å². The minimum absolute atomic E-state index is 0.178. The number of hydrogen-bond donors (Lipinski definition) is 1. The predicted molar refractivity (Wildman–Crippen MR) is 83.6 cm³/mol. The molecule has 1 amide bonds. The van der Waals surface area contributed by atoms with E-state index in [4.69, 9.17) is 5.73 Å². The highest BCUT2D eigenvalue weighted by Gasteiger charge is 2.43. The van der Waals surface area contributed by atoms with E-state index >= 15 is 0 Å². The summed E-state index contributed by atoms with van der Waals surface area (Å²) in [6, 6.07) is 0. The lowest BCUT2D eigenvalue weighted by Crippen LogP contribution is -2.59. The molecule has 0 spiro atoms. The van der Waals surface area contributed by atoms with E-state index in [1.165, 1.54) is 0 Å². The van der Waals surface area contributed by atoms with Gasteiger partial charge in [0.1, 0.15) is 0 Å². The quantitative estimate of drug-likeness (QED) is 0.797. The molecule has 0 aromatic carbocycles. The summed E-state index contributed by atoms with van der Waals surface area (Å²) >= 11 is 0. The van der Waals surface area contributed by atoms with E-state index < -0.39 is 11.0 Å². The van der Waals surface area contributed by atoms with Crippen molar-refractivity contribution in [2.75, 3.05) is 53.4 Å².